The molecule has 0 saturated heterocycles. The number of hydrogen-bond donors (Lipinski definition) is 2. The Kier molecular flexibility index (Phi) is 5.41. The third-order valence-electron chi connectivity index (χ3n) is 6.53. The lowest BCUT2D eigenvalue weighted by atomic mass is 9.85. The van der Waals surface area contributed by atoms with Crippen LogP contribution < -0.4 is 11.1 Å². The van der Waals surface area contributed by atoms with Gasteiger partial charge >= 0.3 is 0 Å². The summed E-state index contributed by atoms with van der Waals surface area (Å²) in [6.45, 7) is 0. The molecule has 2 aliphatic rings. The predicted molar refractivity (Wildman–Crippen MR) is 124 cm³/mol. The van der Waals surface area contributed by atoms with E-state index < -0.39 is 0 Å². The minimum atomic E-state index is -0.135. The highest BCUT2D eigenvalue weighted by atomic mass is 16.1. The monoisotopic (exact) mass is 412 g/mol. The number of nitrogens with two attached hydrogens (primary N) is 1. The number of carbonyl (C=O) groups is 1. The fourth-order valence-corrected chi connectivity index (χ4v) is 4.88. The zero-order chi connectivity index (χ0) is 21.2. The molecule has 0 bridgehead atoms. The summed E-state index contributed by atoms with van der Waals surface area (Å²) in [5.41, 5.74) is 12.6. The van der Waals surface area contributed by atoms with Gasteiger partial charge in [0.25, 0.3) is 5.91 Å². The summed E-state index contributed by atoms with van der Waals surface area (Å²) in [6, 6.07) is 15.3. The van der Waals surface area contributed by atoms with Gasteiger partial charge in [-0.15, -0.1) is 0 Å². The fraction of sp³-hybridized carbons (Fsp3) is 0.346. The molecule has 0 aliphatic heterocycles. The van der Waals surface area contributed by atoms with E-state index in [0.29, 0.717) is 17.3 Å². The van der Waals surface area contributed by atoms with Gasteiger partial charge in [-0.1, -0.05) is 56.4 Å². The first-order chi connectivity index (χ1) is 15.2. The third kappa shape index (κ3) is 4.18. The van der Waals surface area contributed by atoms with Crippen LogP contribution >= 0.6 is 0 Å². The minimum absolute atomic E-state index is 0.135. The van der Waals surface area contributed by atoms with Crippen LogP contribution in [-0.2, 0) is 19.3 Å². The van der Waals surface area contributed by atoms with Crippen LogP contribution in [0.15, 0.2) is 48.5 Å². The smallest absolute Gasteiger partial charge is 0.256 e. The van der Waals surface area contributed by atoms with Crippen LogP contribution in [0.5, 0.6) is 0 Å². The number of aryl methyl sites for hydroxylation is 2. The van der Waals surface area contributed by atoms with E-state index in [0.717, 1.165) is 47.6 Å². The van der Waals surface area contributed by atoms with E-state index in [1.54, 1.807) is 0 Å². The number of fused-ring (bicyclic) bond motifs is 3. The van der Waals surface area contributed by atoms with Gasteiger partial charge in [0.15, 0.2) is 5.82 Å². The van der Waals surface area contributed by atoms with Crippen molar-refractivity contribution >= 4 is 17.4 Å². The molecule has 2 aliphatic carbocycles. The highest BCUT2D eigenvalue weighted by Gasteiger charge is 2.25. The van der Waals surface area contributed by atoms with Crippen molar-refractivity contribution in [2.45, 2.75) is 51.4 Å². The van der Waals surface area contributed by atoms with Crippen LogP contribution in [-0.4, -0.2) is 15.9 Å². The standard InChI is InChI=1S/C26H28N4O/c27-20-12-13-21-19(16-20)11-14-22-24(21)28-23(15-17-7-3-1-4-8-17)25(29-22)30-26(31)18-9-5-2-6-10-18/h2,5-6,9-10,12-13,16-17H,1,3-4,7-8,11,14-15,27H2,(H,29,30,31). The summed E-state index contributed by atoms with van der Waals surface area (Å²) in [5.74, 6) is 1.09. The van der Waals surface area contributed by atoms with Gasteiger partial charge in [0.2, 0.25) is 0 Å². The lowest BCUT2D eigenvalue weighted by molar-refractivity contribution is 0.102. The van der Waals surface area contributed by atoms with Gasteiger partial charge in [-0.2, -0.15) is 0 Å². The van der Waals surface area contributed by atoms with Gasteiger partial charge < -0.3 is 11.1 Å². The molecule has 0 unspecified atom stereocenters. The van der Waals surface area contributed by atoms with Crippen LogP contribution in [0, 0.1) is 5.92 Å². The molecule has 2 aromatic carbocycles. The zero-order valence-electron chi connectivity index (χ0n) is 17.7. The number of anilines is 2. The van der Waals surface area contributed by atoms with Crippen molar-refractivity contribution in [3.8, 4) is 11.3 Å². The topological polar surface area (TPSA) is 80.9 Å². The van der Waals surface area contributed by atoms with Crippen LogP contribution in [0.2, 0.25) is 0 Å². The molecule has 1 heterocycles. The third-order valence-corrected chi connectivity index (χ3v) is 6.53. The molecule has 3 N–H and O–H groups in total. The average Bonchev–Trinajstić information content (AvgIpc) is 2.80. The largest absolute Gasteiger partial charge is 0.399 e. The number of aromatic nitrogens is 2. The van der Waals surface area contributed by atoms with E-state index in [4.69, 9.17) is 15.7 Å². The first-order valence-electron chi connectivity index (χ1n) is 11.3. The highest BCUT2D eigenvalue weighted by molar-refractivity contribution is 6.04. The van der Waals surface area contributed by atoms with Crippen LogP contribution in [0.1, 0.15) is 59.4 Å². The molecule has 0 spiro atoms. The molecule has 0 atom stereocenters. The second kappa shape index (κ2) is 8.50. The summed E-state index contributed by atoms with van der Waals surface area (Å²) >= 11 is 0. The molecular formula is C26H28N4O. The molecule has 0 radical (unpaired) electrons. The van der Waals surface area contributed by atoms with E-state index in [9.17, 15) is 4.79 Å². The fourth-order valence-electron chi connectivity index (χ4n) is 4.88. The normalized spacial score (nSPS) is 15.7. The van der Waals surface area contributed by atoms with Gasteiger partial charge in [-0.05, 0) is 55.0 Å². The SMILES string of the molecule is Nc1ccc2c(c1)CCc1nc(NC(=O)c3ccccc3)c(CC3CCCCC3)nc1-2. The van der Waals surface area contributed by atoms with Gasteiger partial charge in [-0.3, -0.25) is 4.79 Å². The second-order valence-electron chi connectivity index (χ2n) is 8.76. The number of amides is 1. The molecule has 1 aromatic heterocycles. The van der Waals surface area contributed by atoms with Crippen molar-refractivity contribution in [3.05, 3.63) is 71.0 Å². The molecule has 1 fully saturated rings. The van der Waals surface area contributed by atoms with Crippen molar-refractivity contribution in [1.29, 1.82) is 0 Å². The Morgan fingerprint density at radius 3 is 2.61 bits per heavy atom. The molecule has 1 saturated carbocycles. The summed E-state index contributed by atoms with van der Waals surface area (Å²) in [4.78, 5) is 22.9. The summed E-state index contributed by atoms with van der Waals surface area (Å²) in [5, 5.41) is 3.07. The maximum absolute atomic E-state index is 12.9. The van der Waals surface area contributed by atoms with Crippen molar-refractivity contribution in [3.63, 3.8) is 0 Å². The Hall–Kier alpha value is -3.21. The summed E-state index contributed by atoms with van der Waals surface area (Å²) in [6.07, 6.45) is 8.85. The van der Waals surface area contributed by atoms with Crippen molar-refractivity contribution in [2.24, 2.45) is 5.92 Å². The number of nitrogens with one attached hydrogen (secondary N) is 1. The quantitative estimate of drug-likeness (QED) is 0.577. The zero-order valence-corrected chi connectivity index (χ0v) is 17.7. The van der Waals surface area contributed by atoms with Gasteiger partial charge in [0, 0.05) is 16.8 Å². The number of benzene rings is 2. The molecule has 31 heavy (non-hydrogen) atoms. The maximum atomic E-state index is 12.9. The summed E-state index contributed by atoms with van der Waals surface area (Å²) in [7, 11) is 0. The van der Waals surface area contributed by atoms with E-state index in [-0.39, 0.29) is 5.91 Å². The lowest BCUT2D eigenvalue weighted by Crippen LogP contribution is -2.20. The van der Waals surface area contributed by atoms with Crippen LogP contribution in [0.4, 0.5) is 11.5 Å². The van der Waals surface area contributed by atoms with E-state index >= 15 is 0 Å². The van der Waals surface area contributed by atoms with E-state index in [1.165, 1.54) is 37.7 Å². The van der Waals surface area contributed by atoms with Gasteiger partial charge in [0.05, 0.1) is 17.1 Å². The first kappa shape index (κ1) is 19.7. The Bertz CT molecular complexity index is 1100. The Morgan fingerprint density at radius 1 is 1.00 bits per heavy atom. The molecule has 1 amide bonds. The lowest BCUT2D eigenvalue weighted by Gasteiger charge is -2.24. The van der Waals surface area contributed by atoms with Crippen molar-refractivity contribution in [2.75, 3.05) is 11.1 Å². The number of rotatable bonds is 4. The number of nitrogens with zero attached hydrogens (tertiary/aromatic N) is 2. The Labute approximate surface area is 183 Å². The number of hydrogen-bond acceptors (Lipinski definition) is 4. The molecule has 5 heteroatoms. The number of carbonyl (C=O) groups excluding carboxylic acids is 1. The van der Waals surface area contributed by atoms with Gasteiger partial charge in [-0.25, -0.2) is 9.97 Å². The molecule has 5 rings (SSSR count). The molecule has 3 aromatic rings. The maximum Gasteiger partial charge on any atom is 0.256 e. The molecule has 158 valence electrons. The first-order valence-corrected chi connectivity index (χ1v) is 11.3. The van der Waals surface area contributed by atoms with Crippen LogP contribution in [0.3, 0.4) is 0 Å². The van der Waals surface area contributed by atoms with Gasteiger partial charge in [0.1, 0.15) is 0 Å². The minimum Gasteiger partial charge on any atom is -0.399 e. The molecular weight excluding hydrogens is 384 g/mol. The molecule has 5 nitrogen and oxygen atoms in total. The van der Waals surface area contributed by atoms with Crippen molar-refractivity contribution in [1.82, 2.24) is 9.97 Å². The number of nitrogen functional groups attached to an aromatic ring is 1. The average molecular weight is 413 g/mol. The van der Waals surface area contributed by atoms with Crippen molar-refractivity contribution < 1.29 is 4.79 Å². The Balaban J connectivity index is 1.53. The highest BCUT2D eigenvalue weighted by Crippen LogP contribution is 2.35. The van der Waals surface area contributed by atoms with Crippen LogP contribution in [0.25, 0.3) is 11.3 Å². The predicted octanol–water partition coefficient (Wildman–Crippen LogP) is 5.20. The van der Waals surface area contributed by atoms with E-state index in [2.05, 4.69) is 11.4 Å². The van der Waals surface area contributed by atoms with E-state index in [1.807, 2.05) is 42.5 Å². The second-order valence-corrected chi connectivity index (χ2v) is 8.76. The Morgan fingerprint density at radius 2 is 1.81 bits per heavy atom. The summed E-state index contributed by atoms with van der Waals surface area (Å²) < 4.78 is 0.